The smallest absolute Gasteiger partial charge is 0.435 e. The maximum Gasteiger partial charge on any atom is 0.435 e. The van der Waals surface area contributed by atoms with Gasteiger partial charge in [-0.25, -0.2) is 4.98 Å². The van der Waals surface area contributed by atoms with Crippen LogP contribution in [-0.4, -0.2) is 32.0 Å². The number of nitrogens with one attached hydrogen (secondary N) is 2. The SMILES string of the molecule is CCCCCCC(CCCC)COc1cc(-c2cc(C(F)(F)F)n[nH]2)nc(-c2cc(C(F)(F)F)n[nH]2)c1. The van der Waals surface area contributed by atoms with Crippen LogP contribution in [0.2, 0.25) is 0 Å². The van der Waals surface area contributed by atoms with Crippen LogP contribution in [0, 0.1) is 5.92 Å². The molecule has 0 bridgehead atoms. The number of ether oxygens (including phenoxy) is 1. The summed E-state index contributed by atoms with van der Waals surface area (Å²) in [5.74, 6) is 0.561. The van der Waals surface area contributed by atoms with E-state index in [9.17, 15) is 26.3 Å². The molecule has 3 aromatic rings. The molecule has 0 amide bonds. The number of rotatable bonds is 13. The van der Waals surface area contributed by atoms with Gasteiger partial charge in [0.05, 0.1) is 29.4 Å². The third-order valence-corrected chi connectivity index (χ3v) is 6.00. The van der Waals surface area contributed by atoms with Gasteiger partial charge in [0.25, 0.3) is 0 Å². The summed E-state index contributed by atoms with van der Waals surface area (Å²) in [5.41, 5.74) is -2.26. The average Bonchev–Trinajstić information content (AvgIpc) is 3.53. The monoisotopic (exact) mass is 531 g/mol. The fraction of sp³-hybridized carbons (Fsp3) is 0.560. The van der Waals surface area contributed by atoms with Gasteiger partial charge in [0.15, 0.2) is 11.4 Å². The Labute approximate surface area is 211 Å². The fourth-order valence-corrected chi connectivity index (χ4v) is 3.94. The van der Waals surface area contributed by atoms with Gasteiger partial charge in [-0.3, -0.25) is 10.2 Å². The largest absolute Gasteiger partial charge is 0.493 e. The van der Waals surface area contributed by atoms with E-state index in [0.29, 0.717) is 6.61 Å². The molecule has 6 nitrogen and oxygen atoms in total. The molecule has 1 unspecified atom stereocenters. The van der Waals surface area contributed by atoms with Crippen molar-refractivity contribution in [3.05, 3.63) is 35.7 Å². The van der Waals surface area contributed by atoms with Crippen molar-refractivity contribution < 1.29 is 31.1 Å². The molecule has 0 aliphatic carbocycles. The van der Waals surface area contributed by atoms with Crippen LogP contribution in [0.4, 0.5) is 26.3 Å². The number of halogens is 6. The highest BCUT2D eigenvalue weighted by molar-refractivity contribution is 5.65. The van der Waals surface area contributed by atoms with Gasteiger partial charge in [-0.15, -0.1) is 0 Å². The minimum atomic E-state index is -4.67. The molecule has 0 aliphatic heterocycles. The first kappa shape index (κ1) is 28.5. The summed E-state index contributed by atoms with van der Waals surface area (Å²) in [6.45, 7) is 4.63. The van der Waals surface area contributed by atoms with Gasteiger partial charge in [-0.05, 0) is 30.9 Å². The van der Waals surface area contributed by atoms with Gasteiger partial charge in [0.2, 0.25) is 0 Å². The maximum atomic E-state index is 13.1. The summed E-state index contributed by atoms with van der Waals surface area (Å²) in [5, 5.41) is 11.2. The van der Waals surface area contributed by atoms with E-state index in [1.807, 2.05) is 0 Å². The van der Waals surface area contributed by atoms with E-state index in [2.05, 4.69) is 39.2 Å². The minimum absolute atomic E-state index is 0.0447. The summed E-state index contributed by atoms with van der Waals surface area (Å²) in [6, 6.07) is 4.49. The Hall–Kier alpha value is -3.05. The zero-order valence-corrected chi connectivity index (χ0v) is 20.8. The number of aromatic amines is 2. The number of hydrogen-bond donors (Lipinski definition) is 2. The molecule has 0 fully saturated rings. The Morgan fingerprint density at radius 3 is 1.70 bits per heavy atom. The molecule has 37 heavy (non-hydrogen) atoms. The Kier molecular flexibility index (Phi) is 9.61. The van der Waals surface area contributed by atoms with Crippen LogP contribution < -0.4 is 4.74 Å². The van der Waals surface area contributed by atoms with Crippen molar-refractivity contribution in [2.75, 3.05) is 6.61 Å². The van der Waals surface area contributed by atoms with E-state index in [0.717, 1.165) is 63.5 Å². The summed E-state index contributed by atoms with van der Waals surface area (Å²) < 4.78 is 84.5. The van der Waals surface area contributed by atoms with E-state index >= 15 is 0 Å². The highest BCUT2D eigenvalue weighted by Crippen LogP contribution is 2.34. The van der Waals surface area contributed by atoms with Crippen LogP contribution in [-0.2, 0) is 12.4 Å². The standard InChI is InChI=1S/C25H31F6N5O/c1-3-5-7-8-10-16(9-6-4-2)15-37-17-11-18(20-13-22(35-33-20)24(26,27)28)32-19(12-17)21-14-23(36-34-21)25(29,30)31/h11-14,16H,3-10,15H2,1-2H3,(H,33,35)(H,34,36). The molecule has 3 aromatic heterocycles. The van der Waals surface area contributed by atoms with Gasteiger partial charge in [-0.1, -0.05) is 52.4 Å². The lowest BCUT2D eigenvalue weighted by molar-refractivity contribution is -0.142. The molecule has 0 spiro atoms. The van der Waals surface area contributed by atoms with Crippen LogP contribution in [0.25, 0.3) is 22.8 Å². The molecule has 0 saturated heterocycles. The van der Waals surface area contributed by atoms with E-state index in [1.54, 1.807) is 0 Å². The Morgan fingerprint density at radius 1 is 0.730 bits per heavy atom. The van der Waals surface area contributed by atoms with Gasteiger partial charge < -0.3 is 4.74 Å². The van der Waals surface area contributed by atoms with Crippen molar-refractivity contribution >= 4 is 0 Å². The molecule has 3 rings (SSSR count). The first-order valence-electron chi connectivity index (χ1n) is 12.4. The van der Waals surface area contributed by atoms with Crippen LogP contribution in [0.15, 0.2) is 24.3 Å². The second-order valence-corrected chi connectivity index (χ2v) is 9.07. The lowest BCUT2D eigenvalue weighted by Gasteiger charge is -2.18. The van der Waals surface area contributed by atoms with Gasteiger partial charge in [0.1, 0.15) is 5.75 Å². The van der Waals surface area contributed by atoms with Crippen LogP contribution in [0.1, 0.15) is 76.6 Å². The zero-order valence-electron chi connectivity index (χ0n) is 20.8. The third kappa shape index (κ3) is 8.22. The number of H-pyrrole nitrogens is 2. The molecular weight excluding hydrogens is 500 g/mol. The number of alkyl halides is 6. The predicted octanol–water partition coefficient (Wildman–Crippen LogP) is 8.06. The van der Waals surface area contributed by atoms with Crippen molar-refractivity contribution in [2.45, 2.75) is 77.6 Å². The molecule has 1 atom stereocenters. The van der Waals surface area contributed by atoms with Crippen LogP contribution in [0.3, 0.4) is 0 Å². The Balaban J connectivity index is 1.89. The summed E-state index contributed by atoms with van der Waals surface area (Å²) in [6.07, 6.45) is -0.809. The fourth-order valence-electron chi connectivity index (χ4n) is 3.94. The molecule has 2 N–H and O–H groups in total. The van der Waals surface area contributed by atoms with E-state index in [-0.39, 0.29) is 34.4 Å². The Bertz CT molecular complexity index is 1050. The molecule has 0 aliphatic rings. The first-order valence-corrected chi connectivity index (χ1v) is 12.4. The summed E-state index contributed by atoms with van der Waals surface area (Å²) in [4.78, 5) is 4.25. The normalized spacial score (nSPS) is 13.2. The summed E-state index contributed by atoms with van der Waals surface area (Å²) in [7, 11) is 0. The first-order chi connectivity index (χ1) is 17.5. The van der Waals surface area contributed by atoms with Crippen molar-refractivity contribution in [1.29, 1.82) is 0 Å². The second-order valence-electron chi connectivity index (χ2n) is 9.07. The second kappa shape index (κ2) is 12.5. The molecule has 3 heterocycles. The van der Waals surface area contributed by atoms with Gasteiger partial charge in [-0.2, -0.15) is 36.5 Å². The number of aromatic nitrogens is 5. The van der Waals surface area contributed by atoms with Crippen molar-refractivity contribution in [1.82, 2.24) is 25.4 Å². The van der Waals surface area contributed by atoms with Crippen LogP contribution in [0.5, 0.6) is 5.75 Å². The van der Waals surface area contributed by atoms with Gasteiger partial charge >= 0.3 is 12.4 Å². The highest BCUT2D eigenvalue weighted by atomic mass is 19.4. The lowest BCUT2D eigenvalue weighted by atomic mass is 9.96. The van der Waals surface area contributed by atoms with Crippen molar-refractivity contribution in [3.63, 3.8) is 0 Å². The summed E-state index contributed by atoms with van der Waals surface area (Å²) >= 11 is 0. The quantitative estimate of drug-likeness (QED) is 0.173. The van der Waals surface area contributed by atoms with E-state index in [4.69, 9.17) is 4.74 Å². The maximum absolute atomic E-state index is 13.1. The molecule has 204 valence electrons. The number of unbranched alkanes of at least 4 members (excludes halogenated alkanes) is 4. The predicted molar refractivity (Wildman–Crippen MR) is 127 cm³/mol. The molecule has 0 saturated carbocycles. The van der Waals surface area contributed by atoms with Crippen LogP contribution >= 0.6 is 0 Å². The average molecular weight is 532 g/mol. The third-order valence-electron chi connectivity index (χ3n) is 6.00. The van der Waals surface area contributed by atoms with E-state index < -0.39 is 23.7 Å². The van der Waals surface area contributed by atoms with Crippen molar-refractivity contribution in [2.24, 2.45) is 5.92 Å². The number of nitrogens with zero attached hydrogens (tertiary/aromatic N) is 3. The van der Waals surface area contributed by atoms with Gasteiger partial charge in [0, 0.05) is 12.1 Å². The molecule has 0 aromatic carbocycles. The van der Waals surface area contributed by atoms with E-state index in [1.165, 1.54) is 12.1 Å². The lowest BCUT2D eigenvalue weighted by Crippen LogP contribution is -2.13. The molecule has 0 radical (unpaired) electrons. The van der Waals surface area contributed by atoms with Crippen molar-refractivity contribution in [3.8, 4) is 28.5 Å². The zero-order chi connectivity index (χ0) is 27.1. The highest BCUT2D eigenvalue weighted by Gasteiger charge is 2.35. The topological polar surface area (TPSA) is 79.5 Å². The molecular formula is C25H31F6N5O. The molecule has 12 heteroatoms. The minimum Gasteiger partial charge on any atom is -0.493 e. The number of hydrogen-bond acceptors (Lipinski definition) is 4. The Morgan fingerprint density at radius 2 is 1.24 bits per heavy atom. The number of pyridine rings is 1.